The maximum absolute atomic E-state index is 12.1. The fourth-order valence-corrected chi connectivity index (χ4v) is 2.31. The summed E-state index contributed by atoms with van der Waals surface area (Å²) in [5, 5.41) is 7.16. The Balaban J connectivity index is 2.01. The summed E-state index contributed by atoms with van der Waals surface area (Å²) in [7, 11) is 4.74. The lowest BCUT2D eigenvalue weighted by Gasteiger charge is -2.11. The number of para-hydroxylation sites is 2. The molecule has 0 radical (unpaired) electrons. The molecule has 0 atom stereocenters. The van der Waals surface area contributed by atoms with E-state index in [-0.39, 0.29) is 12.5 Å². The number of nitrogens with one attached hydrogen (secondary N) is 2. The van der Waals surface area contributed by atoms with E-state index in [0.29, 0.717) is 23.0 Å². The molecule has 138 valence electrons. The molecule has 0 heterocycles. The summed E-state index contributed by atoms with van der Waals surface area (Å²) in [4.78, 5) is 12.1. The van der Waals surface area contributed by atoms with Crippen LogP contribution in [0.2, 0.25) is 0 Å². The minimum Gasteiger partial charge on any atom is -0.497 e. The number of carbonyl (C=O) groups is 1. The van der Waals surface area contributed by atoms with Crippen LogP contribution in [0.15, 0.2) is 47.6 Å². The smallest absolute Gasteiger partial charge is 0.259 e. The predicted octanol–water partition coefficient (Wildman–Crippen LogP) is 2.66. The van der Waals surface area contributed by atoms with Gasteiger partial charge in [0.2, 0.25) is 0 Å². The van der Waals surface area contributed by atoms with Gasteiger partial charge in [0.15, 0.2) is 0 Å². The van der Waals surface area contributed by atoms with Crippen LogP contribution in [0.3, 0.4) is 0 Å². The number of carbonyl (C=O) groups excluding carboxylic acids is 1. The number of ether oxygens (including phenoxy) is 3. The lowest BCUT2D eigenvalue weighted by Crippen LogP contribution is -2.27. The predicted molar refractivity (Wildman–Crippen MR) is 101 cm³/mol. The van der Waals surface area contributed by atoms with Crippen molar-refractivity contribution >= 4 is 17.3 Å². The Labute approximate surface area is 153 Å². The Hall–Kier alpha value is -3.22. The molecule has 2 aromatic rings. The van der Waals surface area contributed by atoms with Gasteiger partial charge in [-0.2, -0.15) is 5.10 Å². The molecule has 0 bridgehead atoms. The van der Waals surface area contributed by atoms with Gasteiger partial charge in [-0.15, -0.1) is 0 Å². The zero-order valence-electron chi connectivity index (χ0n) is 15.3. The van der Waals surface area contributed by atoms with Crippen molar-refractivity contribution in [3.8, 4) is 17.2 Å². The number of hydrazone groups is 1. The maximum atomic E-state index is 12.1. The molecule has 1 amide bonds. The highest BCUT2D eigenvalue weighted by Crippen LogP contribution is 2.24. The highest BCUT2D eigenvalue weighted by molar-refractivity contribution is 6.02. The van der Waals surface area contributed by atoms with Crippen LogP contribution in [0.4, 0.5) is 5.69 Å². The van der Waals surface area contributed by atoms with Crippen LogP contribution in [0.1, 0.15) is 12.5 Å². The van der Waals surface area contributed by atoms with Gasteiger partial charge in [0.05, 0.1) is 39.3 Å². The van der Waals surface area contributed by atoms with Crippen LogP contribution in [-0.4, -0.2) is 39.5 Å². The van der Waals surface area contributed by atoms with Crippen LogP contribution in [0.5, 0.6) is 17.2 Å². The van der Waals surface area contributed by atoms with E-state index >= 15 is 0 Å². The third-order valence-corrected chi connectivity index (χ3v) is 3.69. The van der Waals surface area contributed by atoms with E-state index in [4.69, 9.17) is 14.2 Å². The molecule has 0 saturated heterocycles. The van der Waals surface area contributed by atoms with E-state index in [2.05, 4.69) is 15.8 Å². The molecule has 0 saturated carbocycles. The first-order valence-electron chi connectivity index (χ1n) is 8.01. The third-order valence-electron chi connectivity index (χ3n) is 3.69. The van der Waals surface area contributed by atoms with Gasteiger partial charge in [-0.25, -0.2) is 5.43 Å². The molecule has 0 fully saturated rings. The van der Waals surface area contributed by atoms with Crippen molar-refractivity contribution in [2.24, 2.45) is 5.10 Å². The number of hydrogen-bond acceptors (Lipinski definition) is 6. The zero-order valence-corrected chi connectivity index (χ0v) is 15.3. The summed E-state index contributed by atoms with van der Waals surface area (Å²) in [5.41, 5.74) is 4.61. The van der Waals surface area contributed by atoms with Crippen LogP contribution in [-0.2, 0) is 4.79 Å². The van der Waals surface area contributed by atoms with E-state index in [1.165, 1.54) is 0 Å². The standard InChI is InChI=1S/C19H23N3O4/c1-13(15-11-14(24-2)9-10-17(15)25-3)21-22-19(23)12-20-16-7-5-6-8-18(16)26-4/h5-11,20H,12H2,1-4H3,(H,22,23)/b21-13-. The quantitative estimate of drug-likeness (QED) is 0.561. The number of benzene rings is 2. The lowest BCUT2D eigenvalue weighted by atomic mass is 10.1. The summed E-state index contributed by atoms with van der Waals surface area (Å²) in [6.07, 6.45) is 0. The van der Waals surface area contributed by atoms with E-state index in [1.54, 1.807) is 46.5 Å². The molecule has 26 heavy (non-hydrogen) atoms. The highest BCUT2D eigenvalue weighted by atomic mass is 16.5. The average Bonchev–Trinajstić information content (AvgIpc) is 2.69. The van der Waals surface area contributed by atoms with Gasteiger partial charge < -0.3 is 19.5 Å². The topological polar surface area (TPSA) is 81.2 Å². The van der Waals surface area contributed by atoms with Crippen molar-refractivity contribution < 1.29 is 19.0 Å². The van der Waals surface area contributed by atoms with Gasteiger partial charge in [-0.1, -0.05) is 12.1 Å². The second kappa shape index (κ2) is 9.31. The van der Waals surface area contributed by atoms with Crippen molar-refractivity contribution in [1.29, 1.82) is 0 Å². The first kappa shape index (κ1) is 19.1. The molecule has 0 aromatic heterocycles. The SMILES string of the molecule is COc1ccc(OC)c(/C(C)=N\NC(=O)CNc2ccccc2OC)c1. The van der Waals surface area contributed by atoms with Crippen LogP contribution < -0.4 is 25.0 Å². The highest BCUT2D eigenvalue weighted by Gasteiger charge is 2.09. The number of amides is 1. The van der Waals surface area contributed by atoms with Crippen molar-refractivity contribution in [2.45, 2.75) is 6.92 Å². The minimum absolute atomic E-state index is 0.0619. The van der Waals surface area contributed by atoms with Gasteiger partial charge >= 0.3 is 0 Å². The molecule has 2 rings (SSSR count). The fraction of sp³-hybridized carbons (Fsp3) is 0.263. The monoisotopic (exact) mass is 357 g/mol. The van der Waals surface area contributed by atoms with Crippen LogP contribution >= 0.6 is 0 Å². The van der Waals surface area contributed by atoms with Crippen molar-refractivity contribution in [3.63, 3.8) is 0 Å². The summed E-state index contributed by atoms with van der Waals surface area (Å²) in [6, 6.07) is 12.8. The van der Waals surface area contributed by atoms with Crippen molar-refractivity contribution in [1.82, 2.24) is 5.43 Å². The Kier molecular flexibility index (Phi) is 6.84. The van der Waals surface area contributed by atoms with E-state index < -0.39 is 0 Å². The number of hydrogen-bond donors (Lipinski definition) is 2. The fourth-order valence-electron chi connectivity index (χ4n) is 2.31. The minimum atomic E-state index is -0.280. The number of anilines is 1. The molecule has 7 heteroatoms. The maximum Gasteiger partial charge on any atom is 0.259 e. The number of nitrogens with zero attached hydrogens (tertiary/aromatic N) is 1. The second-order valence-electron chi connectivity index (χ2n) is 5.35. The largest absolute Gasteiger partial charge is 0.497 e. The molecule has 2 aromatic carbocycles. The molecule has 2 N–H and O–H groups in total. The van der Waals surface area contributed by atoms with E-state index in [1.807, 2.05) is 24.3 Å². The first-order valence-corrected chi connectivity index (χ1v) is 8.01. The molecular formula is C19H23N3O4. The second-order valence-corrected chi connectivity index (χ2v) is 5.35. The van der Waals surface area contributed by atoms with E-state index in [9.17, 15) is 4.79 Å². The van der Waals surface area contributed by atoms with Gasteiger partial charge in [-0.05, 0) is 37.3 Å². The first-order chi connectivity index (χ1) is 12.6. The Bertz CT molecular complexity index is 790. The van der Waals surface area contributed by atoms with Gasteiger partial charge in [0.1, 0.15) is 17.2 Å². The third kappa shape index (κ3) is 4.89. The van der Waals surface area contributed by atoms with Gasteiger partial charge in [0.25, 0.3) is 5.91 Å². The number of methoxy groups -OCH3 is 3. The van der Waals surface area contributed by atoms with Crippen molar-refractivity contribution in [2.75, 3.05) is 33.2 Å². The van der Waals surface area contributed by atoms with Gasteiger partial charge in [0, 0.05) is 5.56 Å². The van der Waals surface area contributed by atoms with Crippen LogP contribution in [0.25, 0.3) is 0 Å². The zero-order chi connectivity index (χ0) is 18.9. The molecular weight excluding hydrogens is 334 g/mol. The molecule has 7 nitrogen and oxygen atoms in total. The average molecular weight is 357 g/mol. The Morgan fingerprint density at radius 1 is 1.00 bits per heavy atom. The lowest BCUT2D eigenvalue weighted by molar-refractivity contribution is -0.119. The van der Waals surface area contributed by atoms with Crippen LogP contribution in [0, 0.1) is 0 Å². The molecule has 0 unspecified atom stereocenters. The normalized spacial score (nSPS) is 10.8. The summed E-state index contributed by atoms with van der Waals surface area (Å²) < 4.78 is 15.8. The molecule has 0 spiro atoms. The Morgan fingerprint density at radius 2 is 1.73 bits per heavy atom. The summed E-state index contributed by atoms with van der Waals surface area (Å²) in [5.74, 6) is 1.71. The number of rotatable bonds is 8. The summed E-state index contributed by atoms with van der Waals surface area (Å²) >= 11 is 0. The van der Waals surface area contributed by atoms with E-state index in [0.717, 1.165) is 11.3 Å². The molecule has 0 aliphatic rings. The van der Waals surface area contributed by atoms with Crippen molar-refractivity contribution in [3.05, 3.63) is 48.0 Å². The summed E-state index contributed by atoms with van der Waals surface area (Å²) in [6.45, 7) is 1.84. The Morgan fingerprint density at radius 3 is 2.42 bits per heavy atom. The molecule has 0 aliphatic carbocycles. The van der Waals surface area contributed by atoms with Gasteiger partial charge in [-0.3, -0.25) is 4.79 Å². The molecule has 0 aliphatic heterocycles.